The Balaban J connectivity index is 1.14. The second-order valence-corrected chi connectivity index (χ2v) is 17.8. The summed E-state index contributed by atoms with van der Waals surface area (Å²) in [5, 5.41) is 23.3. The van der Waals surface area contributed by atoms with E-state index in [9.17, 15) is 32.3 Å². The third-order valence-corrected chi connectivity index (χ3v) is 10.9. The van der Waals surface area contributed by atoms with Gasteiger partial charge in [0.2, 0.25) is 5.95 Å². The van der Waals surface area contributed by atoms with Crippen LogP contribution in [0.25, 0.3) is 0 Å². The highest BCUT2D eigenvalue weighted by molar-refractivity contribution is 7.91. The van der Waals surface area contributed by atoms with Crippen LogP contribution in [0.1, 0.15) is 50.8 Å². The number of nitrogens with one attached hydrogen (secondary N) is 4. The van der Waals surface area contributed by atoms with Crippen LogP contribution in [-0.4, -0.2) is 81.9 Å². The predicted molar refractivity (Wildman–Crippen MR) is 201 cm³/mol. The third kappa shape index (κ3) is 12.3. The molecule has 17 heteroatoms. The van der Waals surface area contributed by atoms with E-state index >= 15 is 0 Å². The van der Waals surface area contributed by atoms with Crippen molar-refractivity contribution in [1.82, 2.24) is 20.6 Å². The first-order valence-corrected chi connectivity index (χ1v) is 20.4. The summed E-state index contributed by atoms with van der Waals surface area (Å²) in [5.74, 6) is 0.240. The Hall–Kier alpha value is -3.99. The molecule has 0 amide bonds. The maximum absolute atomic E-state index is 13.2. The van der Waals surface area contributed by atoms with Crippen LogP contribution in [0.3, 0.4) is 0 Å². The first-order valence-electron chi connectivity index (χ1n) is 17.2. The number of aromatic nitrogens is 2. The van der Waals surface area contributed by atoms with E-state index in [1.807, 2.05) is 27.8 Å². The van der Waals surface area contributed by atoms with Crippen molar-refractivity contribution >= 4 is 40.8 Å². The number of rotatable bonds is 15. The van der Waals surface area contributed by atoms with Crippen molar-refractivity contribution in [2.75, 3.05) is 43.2 Å². The monoisotopic (exact) mass is 772 g/mol. The number of piperidine rings is 1. The van der Waals surface area contributed by atoms with Gasteiger partial charge in [-0.05, 0) is 93.1 Å². The number of hydrogen-bond acceptors (Lipinski definition) is 11. The summed E-state index contributed by atoms with van der Waals surface area (Å²) in [5.41, 5.74) is 2.11. The van der Waals surface area contributed by atoms with Crippen molar-refractivity contribution in [2.45, 2.75) is 62.7 Å². The van der Waals surface area contributed by atoms with E-state index in [2.05, 4.69) is 31.2 Å². The molecule has 14 nitrogen and oxygen atoms in total. The number of likely N-dealkylation sites (tertiary alicyclic amines) is 1. The van der Waals surface area contributed by atoms with Gasteiger partial charge < -0.3 is 35.4 Å². The minimum Gasteiger partial charge on any atom is -0.404 e. The highest BCUT2D eigenvalue weighted by Crippen LogP contribution is 2.41. The zero-order valence-corrected chi connectivity index (χ0v) is 31.9. The lowest BCUT2D eigenvalue weighted by Gasteiger charge is -2.41. The number of anilines is 4. The summed E-state index contributed by atoms with van der Waals surface area (Å²) < 4.78 is 57.2. The standard InChI is InChI=1S/C36H47FN7O7PS/c1-36(2,3)40-22-32(45)25-5-6-26(33(21-25)51-52(46,47)48)23-44(4)19-16-28(17-20-44)39-24-53(49,50)31-13-11-30(12-14-31)42-35-38-18-15-34(43-35)41-29-9-7-27(37)8-10-29/h5-15,18,21,28,32,39-40,45H,16-17,19-20,22-24H2,1-4H3,(H3-,38,41,42,43,46,47,48)/p+1. The van der Waals surface area contributed by atoms with Gasteiger partial charge in [0.1, 0.15) is 29.8 Å². The summed E-state index contributed by atoms with van der Waals surface area (Å²) in [6, 6.07) is 18.8. The Kier molecular flexibility index (Phi) is 12.6. The number of β-amino-alcohol motifs (C(OH)–C–C–N with tert-alkyl or cyclic N) is 1. The molecule has 1 fully saturated rings. The molecule has 0 spiro atoms. The van der Waals surface area contributed by atoms with Crippen molar-refractivity contribution in [2.24, 2.45) is 0 Å². The molecule has 4 aromatic rings. The average Bonchev–Trinajstić information content (AvgIpc) is 3.08. The van der Waals surface area contributed by atoms with Gasteiger partial charge in [-0.1, -0.05) is 6.07 Å². The van der Waals surface area contributed by atoms with Crippen molar-refractivity contribution in [3.8, 4) is 5.75 Å². The van der Waals surface area contributed by atoms with Crippen LogP contribution < -0.4 is 25.8 Å². The maximum atomic E-state index is 13.2. The predicted octanol–water partition coefficient (Wildman–Crippen LogP) is 5.13. The number of phosphoric ester groups is 1. The van der Waals surface area contributed by atoms with E-state index < -0.39 is 23.8 Å². The first kappa shape index (κ1) is 40.2. The molecular formula is C36H48FN7O7PS+. The third-order valence-electron chi connectivity index (χ3n) is 8.91. The van der Waals surface area contributed by atoms with E-state index in [0.29, 0.717) is 71.2 Å². The Morgan fingerprint density at radius 2 is 1.62 bits per heavy atom. The van der Waals surface area contributed by atoms with E-state index in [4.69, 9.17) is 4.52 Å². The lowest BCUT2D eigenvalue weighted by molar-refractivity contribution is -0.927. The molecule has 1 unspecified atom stereocenters. The Bertz CT molecular complexity index is 2000. The number of phosphoric acid groups is 1. The fourth-order valence-electron chi connectivity index (χ4n) is 5.96. The molecule has 0 bridgehead atoms. The number of benzene rings is 3. The normalized spacial score (nSPS) is 18.7. The molecule has 2 heterocycles. The number of halogens is 1. The van der Waals surface area contributed by atoms with Crippen molar-refractivity contribution in [3.63, 3.8) is 0 Å². The van der Waals surface area contributed by atoms with Gasteiger partial charge in [0.15, 0.2) is 9.84 Å². The van der Waals surface area contributed by atoms with E-state index in [-0.39, 0.29) is 40.5 Å². The fourth-order valence-corrected chi connectivity index (χ4v) is 7.56. The molecule has 1 aromatic heterocycles. The molecule has 7 N–H and O–H groups in total. The van der Waals surface area contributed by atoms with Crippen LogP contribution in [0, 0.1) is 5.82 Å². The van der Waals surface area contributed by atoms with Gasteiger partial charge in [-0.3, -0.25) is 9.79 Å². The molecule has 0 radical (unpaired) electrons. The number of aliphatic hydroxyl groups is 1. The topological polar surface area (TPSA) is 195 Å². The van der Waals surface area contributed by atoms with Gasteiger partial charge in [0, 0.05) is 54.1 Å². The lowest BCUT2D eigenvalue weighted by Crippen LogP contribution is -2.53. The molecule has 1 aliphatic rings. The molecule has 5 rings (SSSR count). The van der Waals surface area contributed by atoms with Crippen LogP contribution in [0.15, 0.2) is 83.9 Å². The average molecular weight is 773 g/mol. The molecule has 0 saturated carbocycles. The Labute approximate surface area is 309 Å². The van der Waals surface area contributed by atoms with Crippen LogP contribution in [0.5, 0.6) is 5.75 Å². The number of aliphatic hydroxyl groups excluding tert-OH is 1. The highest BCUT2D eigenvalue weighted by Gasteiger charge is 2.33. The Morgan fingerprint density at radius 1 is 0.981 bits per heavy atom. The highest BCUT2D eigenvalue weighted by atomic mass is 32.2. The lowest BCUT2D eigenvalue weighted by atomic mass is 10.00. The van der Waals surface area contributed by atoms with E-state index in [1.165, 1.54) is 30.3 Å². The summed E-state index contributed by atoms with van der Waals surface area (Å²) in [4.78, 5) is 28.0. The molecule has 1 aliphatic heterocycles. The van der Waals surface area contributed by atoms with Gasteiger partial charge in [-0.2, -0.15) is 4.98 Å². The first-order chi connectivity index (χ1) is 24.8. The van der Waals surface area contributed by atoms with E-state index in [1.54, 1.807) is 48.7 Å². The molecule has 3 aromatic carbocycles. The largest absolute Gasteiger partial charge is 0.524 e. The van der Waals surface area contributed by atoms with Crippen LogP contribution in [0.4, 0.5) is 27.5 Å². The number of hydrogen-bond donors (Lipinski definition) is 7. The number of sulfone groups is 1. The second kappa shape index (κ2) is 16.6. The molecule has 1 atom stereocenters. The molecule has 1 saturated heterocycles. The van der Waals surface area contributed by atoms with Crippen LogP contribution in [0.2, 0.25) is 0 Å². The quantitative estimate of drug-likeness (QED) is 0.0622. The number of nitrogens with zero attached hydrogens (tertiary/aromatic N) is 3. The number of quaternary nitrogens is 1. The summed E-state index contributed by atoms with van der Waals surface area (Å²) in [7, 11) is -6.47. The summed E-state index contributed by atoms with van der Waals surface area (Å²) in [6.07, 6.45) is 2.03. The molecule has 53 heavy (non-hydrogen) atoms. The van der Waals surface area contributed by atoms with Gasteiger partial charge in [-0.15, -0.1) is 0 Å². The summed E-state index contributed by atoms with van der Waals surface area (Å²) in [6.45, 7) is 7.98. The zero-order valence-electron chi connectivity index (χ0n) is 30.2. The minimum absolute atomic E-state index is 0.0254. The van der Waals surface area contributed by atoms with Crippen LogP contribution in [-0.2, 0) is 20.9 Å². The van der Waals surface area contributed by atoms with Gasteiger partial charge >= 0.3 is 7.82 Å². The van der Waals surface area contributed by atoms with Crippen molar-refractivity contribution in [3.05, 3.63) is 95.9 Å². The minimum atomic E-state index is -4.87. The van der Waals surface area contributed by atoms with Gasteiger partial charge in [0.05, 0.1) is 31.1 Å². The van der Waals surface area contributed by atoms with Gasteiger partial charge in [-0.25, -0.2) is 22.4 Å². The summed E-state index contributed by atoms with van der Waals surface area (Å²) >= 11 is 0. The van der Waals surface area contributed by atoms with E-state index in [0.717, 1.165) is 0 Å². The SMILES string of the molecule is CC(C)(C)NCC(O)c1ccc(C[N+]2(C)CCC(NCS(=O)(=O)c3ccc(Nc4nccc(Nc5ccc(F)cc5)n4)cc3)CC2)c(OP(=O)(O)O)c1. The fraction of sp³-hybridized carbons (Fsp3) is 0.389. The zero-order chi connectivity index (χ0) is 38.4. The van der Waals surface area contributed by atoms with Crippen LogP contribution >= 0.6 is 7.82 Å². The molecular weight excluding hydrogens is 724 g/mol. The second-order valence-electron chi connectivity index (χ2n) is 14.6. The van der Waals surface area contributed by atoms with Crippen molar-refractivity contribution in [1.29, 1.82) is 0 Å². The van der Waals surface area contributed by atoms with Crippen molar-refractivity contribution < 1.29 is 41.3 Å². The maximum Gasteiger partial charge on any atom is 0.524 e. The molecule has 0 aliphatic carbocycles. The Morgan fingerprint density at radius 3 is 2.26 bits per heavy atom. The smallest absolute Gasteiger partial charge is 0.404 e. The van der Waals surface area contributed by atoms with Gasteiger partial charge in [0.25, 0.3) is 0 Å². The molecule has 286 valence electrons.